The molecule has 0 fully saturated rings. The summed E-state index contributed by atoms with van der Waals surface area (Å²) in [6, 6.07) is 0. The van der Waals surface area contributed by atoms with Gasteiger partial charge in [-0.05, 0) is 12.8 Å². The molecule has 0 aliphatic heterocycles. The summed E-state index contributed by atoms with van der Waals surface area (Å²) in [6.07, 6.45) is 9.48. The van der Waals surface area contributed by atoms with Crippen molar-refractivity contribution in [3.8, 4) is 0 Å². The lowest BCUT2D eigenvalue weighted by Gasteiger charge is -2.04. The Labute approximate surface area is 75.3 Å². The molecule has 2 nitrogen and oxygen atoms in total. The van der Waals surface area contributed by atoms with E-state index in [4.69, 9.17) is 0 Å². The first-order valence-corrected chi connectivity index (χ1v) is 4.41. The molecule has 2 heteroatoms. The maximum Gasteiger partial charge on any atom is 0.209 e. The largest absolute Gasteiger partial charge is 0.345 e. The maximum absolute atomic E-state index is 10.2. The molecule has 12 heavy (non-hydrogen) atoms. The van der Waals surface area contributed by atoms with E-state index < -0.39 is 0 Å². The first kappa shape index (κ1) is 11.2. The first-order chi connectivity index (χ1) is 5.81. The fraction of sp³-hybridized carbons (Fsp3) is 0.600. The van der Waals surface area contributed by atoms with Crippen molar-refractivity contribution in [2.45, 2.75) is 25.7 Å². The normalized spacial score (nSPS) is 10.5. The molecule has 0 aromatic carbocycles. The van der Waals surface area contributed by atoms with Crippen molar-refractivity contribution in [3.63, 3.8) is 0 Å². The van der Waals surface area contributed by atoms with Crippen LogP contribution in [0.1, 0.15) is 25.7 Å². The van der Waals surface area contributed by atoms with Crippen molar-refractivity contribution in [1.29, 1.82) is 0 Å². The monoisotopic (exact) mass is 168 g/mol. The van der Waals surface area contributed by atoms with Crippen molar-refractivity contribution >= 4 is 6.41 Å². The van der Waals surface area contributed by atoms with Crippen LogP contribution < -0.4 is 0 Å². The fourth-order valence-electron chi connectivity index (χ4n) is 0.841. The number of amides is 1. The topological polar surface area (TPSA) is 20.3 Å². The summed E-state index contributed by atoms with van der Waals surface area (Å²) in [5, 5.41) is 0. The van der Waals surface area contributed by atoms with Gasteiger partial charge >= 0.3 is 0 Å². The molecule has 0 saturated heterocycles. The van der Waals surface area contributed by atoms with Crippen LogP contribution in [0.5, 0.6) is 0 Å². The number of unbranched alkanes of at least 4 members (excludes halogenated alkanes) is 3. The zero-order valence-electron chi connectivity index (χ0n) is 7.83. The van der Waals surface area contributed by atoms with Crippen molar-refractivity contribution < 1.29 is 4.79 Å². The minimum absolute atomic E-state index is 0.716. The Morgan fingerprint density at radius 2 is 2.08 bits per heavy atom. The molecule has 0 spiro atoms. The number of hydrogen-bond acceptors (Lipinski definition) is 1. The highest BCUT2D eigenvalue weighted by molar-refractivity contribution is 5.46. The zero-order valence-corrected chi connectivity index (χ0v) is 7.83. The van der Waals surface area contributed by atoms with Gasteiger partial charge in [0.25, 0.3) is 0 Å². The Morgan fingerprint density at radius 1 is 1.33 bits per heavy atom. The van der Waals surface area contributed by atoms with Crippen LogP contribution in [0.4, 0.5) is 0 Å². The third-order valence-corrected chi connectivity index (χ3v) is 1.61. The molecular weight excluding hydrogens is 150 g/mol. The van der Waals surface area contributed by atoms with E-state index in [-0.39, 0.29) is 0 Å². The van der Waals surface area contributed by atoms with E-state index in [1.807, 2.05) is 6.08 Å². The van der Waals surface area contributed by atoms with E-state index >= 15 is 0 Å². The summed E-state index contributed by atoms with van der Waals surface area (Å²) in [4.78, 5) is 11.8. The summed E-state index contributed by atoms with van der Waals surface area (Å²) in [7, 11) is 1.77. The molecule has 0 heterocycles. The summed E-state index contributed by atoms with van der Waals surface area (Å²) >= 11 is 0. The lowest BCUT2D eigenvalue weighted by molar-refractivity contribution is -0.116. The van der Waals surface area contributed by atoms with E-state index in [1.54, 1.807) is 11.9 Å². The minimum Gasteiger partial charge on any atom is -0.345 e. The van der Waals surface area contributed by atoms with Gasteiger partial charge in [-0.2, -0.15) is 0 Å². The van der Waals surface area contributed by atoms with E-state index in [1.165, 1.54) is 12.8 Å². The standard InChI is InChI=1S/C10H18NO/c1-3-4-5-6-7-8-9-11(2)10-12/h7-8,10H,1,3-6,9H2,2H3. The molecular formula is C10H18NO. The second-order valence-corrected chi connectivity index (χ2v) is 2.87. The van der Waals surface area contributed by atoms with Crippen molar-refractivity contribution in [2.24, 2.45) is 0 Å². The molecule has 1 amide bonds. The van der Waals surface area contributed by atoms with Crippen LogP contribution in [0.3, 0.4) is 0 Å². The Balaban J connectivity index is 3.19. The second kappa shape index (κ2) is 8.31. The average Bonchev–Trinajstić information content (AvgIpc) is 2.10. The van der Waals surface area contributed by atoms with Gasteiger partial charge in [-0.25, -0.2) is 0 Å². The SMILES string of the molecule is [CH2]CCCCC=CCN(C)C=O. The molecule has 0 bridgehead atoms. The van der Waals surface area contributed by atoms with Gasteiger partial charge in [0, 0.05) is 13.6 Å². The number of allylic oxidation sites excluding steroid dienone is 1. The molecule has 0 atom stereocenters. The minimum atomic E-state index is 0.716. The number of hydrogen-bond donors (Lipinski definition) is 0. The molecule has 0 unspecified atom stereocenters. The van der Waals surface area contributed by atoms with Gasteiger partial charge in [0.15, 0.2) is 0 Å². The number of likely N-dealkylation sites (N-methyl/N-ethyl adjacent to an activating group) is 1. The zero-order chi connectivity index (χ0) is 9.23. The van der Waals surface area contributed by atoms with Crippen molar-refractivity contribution in [2.75, 3.05) is 13.6 Å². The summed E-state index contributed by atoms with van der Waals surface area (Å²) in [5.41, 5.74) is 0. The van der Waals surface area contributed by atoms with Crippen LogP contribution >= 0.6 is 0 Å². The average molecular weight is 168 g/mol. The Hall–Kier alpha value is -0.790. The number of carbonyl (C=O) groups excluding carboxylic acids is 1. The molecule has 0 N–H and O–H groups in total. The predicted molar refractivity (Wildman–Crippen MR) is 51.7 cm³/mol. The van der Waals surface area contributed by atoms with Gasteiger partial charge in [0.05, 0.1) is 0 Å². The molecule has 1 radical (unpaired) electrons. The molecule has 0 aliphatic rings. The van der Waals surface area contributed by atoms with Gasteiger partial charge in [-0.15, -0.1) is 0 Å². The second-order valence-electron chi connectivity index (χ2n) is 2.87. The molecule has 0 rings (SSSR count). The van der Waals surface area contributed by atoms with E-state index in [0.717, 1.165) is 19.3 Å². The van der Waals surface area contributed by atoms with Gasteiger partial charge < -0.3 is 4.90 Å². The van der Waals surface area contributed by atoms with Crippen LogP contribution in [0, 0.1) is 6.92 Å². The van der Waals surface area contributed by atoms with Gasteiger partial charge in [-0.1, -0.05) is 31.9 Å². The fourth-order valence-corrected chi connectivity index (χ4v) is 0.841. The van der Waals surface area contributed by atoms with E-state index in [9.17, 15) is 4.79 Å². The van der Waals surface area contributed by atoms with E-state index in [2.05, 4.69) is 13.0 Å². The molecule has 0 saturated carbocycles. The summed E-state index contributed by atoms with van der Waals surface area (Å²) in [6.45, 7) is 4.48. The van der Waals surface area contributed by atoms with Crippen LogP contribution in [0.15, 0.2) is 12.2 Å². The molecule has 0 aliphatic carbocycles. The van der Waals surface area contributed by atoms with Gasteiger partial charge in [-0.3, -0.25) is 4.79 Å². The lowest BCUT2D eigenvalue weighted by atomic mass is 10.2. The van der Waals surface area contributed by atoms with Crippen LogP contribution in [0.2, 0.25) is 0 Å². The Morgan fingerprint density at radius 3 is 2.67 bits per heavy atom. The van der Waals surface area contributed by atoms with Gasteiger partial charge in [0.1, 0.15) is 0 Å². The smallest absolute Gasteiger partial charge is 0.209 e. The summed E-state index contributed by atoms with van der Waals surface area (Å²) < 4.78 is 0. The number of carbonyl (C=O) groups is 1. The predicted octanol–water partition coefficient (Wildman–Crippen LogP) is 2.03. The van der Waals surface area contributed by atoms with Crippen molar-refractivity contribution in [3.05, 3.63) is 19.1 Å². The van der Waals surface area contributed by atoms with Gasteiger partial charge in [0.2, 0.25) is 6.41 Å². The quantitative estimate of drug-likeness (QED) is 0.323. The number of nitrogens with zero attached hydrogens (tertiary/aromatic N) is 1. The third kappa shape index (κ3) is 7.32. The Kier molecular flexibility index (Phi) is 7.76. The summed E-state index contributed by atoms with van der Waals surface area (Å²) in [5.74, 6) is 0. The van der Waals surface area contributed by atoms with E-state index in [0.29, 0.717) is 6.54 Å². The highest BCUT2D eigenvalue weighted by atomic mass is 16.1. The highest BCUT2D eigenvalue weighted by Gasteiger charge is 1.86. The van der Waals surface area contributed by atoms with Crippen LogP contribution in [-0.2, 0) is 4.79 Å². The first-order valence-electron chi connectivity index (χ1n) is 4.41. The highest BCUT2D eigenvalue weighted by Crippen LogP contribution is 1.98. The third-order valence-electron chi connectivity index (χ3n) is 1.61. The lowest BCUT2D eigenvalue weighted by Crippen LogP contribution is -2.14. The van der Waals surface area contributed by atoms with Crippen LogP contribution in [0.25, 0.3) is 0 Å². The molecule has 0 aromatic rings. The van der Waals surface area contributed by atoms with Crippen molar-refractivity contribution in [1.82, 2.24) is 4.90 Å². The molecule has 0 aromatic heterocycles. The Bertz CT molecular complexity index is 132. The van der Waals surface area contributed by atoms with Crippen LogP contribution in [-0.4, -0.2) is 24.9 Å². The molecule has 69 valence electrons. The maximum atomic E-state index is 10.2. The number of rotatable bonds is 7.